The lowest BCUT2D eigenvalue weighted by atomic mass is 10.0. The van der Waals surface area contributed by atoms with Gasteiger partial charge in [0.25, 0.3) is 0 Å². The van der Waals surface area contributed by atoms with Crippen molar-refractivity contribution in [2.24, 2.45) is 0 Å². The van der Waals surface area contributed by atoms with E-state index < -0.39 is 0 Å². The Kier molecular flexibility index (Phi) is 3.89. The molecule has 96 valence electrons. The molecule has 18 heavy (non-hydrogen) atoms. The topological polar surface area (TPSA) is 52.5 Å². The van der Waals surface area contributed by atoms with Gasteiger partial charge in [0.05, 0.1) is 0 Å². The molecule has 2 rings (SSSR count). The highest BCUT2D eigenvalue weighted by molar-refractivity contribution is 7.07. The molecule has 4 heteroatoms. The van der Waals surface area contributed by atoms with Crippen molar-refractivity contribution in [3.8, 4) is 11.5 Å². The molecule has 0 bridgehead atoms. The van der Waals surface area contributed by atoms with Crippen LogP contribution in [0.3, 0.4) is 0 Å². The van der Waals surface area contributed by atoms with Crippen molar-refractivity contribution in [2.45, 2.75) is 25.9 Å². The Morgan fingerprint density at radius 1 is 1.11 bits per heavy atom. The van der Waals surface area contributed by atoms with E-state index in [0.717, 1.165) is 0 Å². The number of hydrogen-bond acceptors (Lipinski definition) is 4. The average Bonchev–Trinajstić information content (AvgIpc) is 2.85. The van der Waals surface area contributed by atoms with Crippen LogP contribution in [0.2, 0.25) is 0 Å². The fourth-order valence-electron chi connectivity index (χ4n) is 1.97. The van der Waals surface area contributed by atoms with Crippen LogP contribution in [0.15, 0.2) is 35.0 Å². The molecule has 0 spiro atoms. The Morgan fingerprint density at radius 3 is 2.56 bits per heavy atom. The van der Waals surface area contributed by atoms with E-state index in [1.165, 1.54) is 17.7 Å². The van der Waals surface area contributed by atoms with Gasteiger partial charge in [0.1, 0.15) is 11.5 Å². The predicted octanol–water partition coefficient (Wildman–Crippen LogP) is 3.57. The minimum atomic E-state index is -0.0352. The summed E-state index contributed by atoms with van der Waals surface area (Å²) < 4.78 is 0. The van der Waals surface area contributed by atoms with E-state index in [-0.39, 0.29) is 23.6 Å². The number of phenolic OH excluding ortho intramolecular Hbond substituents is 2. The summed E-state index contributed by atoms with van der Waals surface area (Å²) in [6.45, 7) is 4.05. The van der Waals surface area contributed by atoms with Gasteiger partial charge in [-0.05, 0) is 54.4 Å². The van der Waals surface area contributed by atoms with Crippen molar-refractivity contribution in [1.29, 1.82) is 0 Å². The third-order valence-corrected chi connectivity index (χ3v) is 3.72. The Balaban J connectivity index is 2.12. The molecule has 0 radical (unpaired) electrons. The second kappa shape index (κ2) is 5.42. The van der Waals surface area contributed by atoms with Crippen LogP contribution in [-0.4, -0.2) is 10.2 Å². The van der Waals surface area contributed by atoms with Gasteiger partial charge in [0.15, 0.2) is 0 Å². The van der Waals surface area contributed by atoms with E-state index >= 15 is 0 Å². The van der Waals surface area contributed by atoms with Crippen molar-refractivity contribution in [3.63, 3.8) is 0 Å². The second-order valence-electron chi connectivity index (χ2n) is 4.41. The molecule has 3 nitrogen and oxygen atoms in total. The van der Waals surface area contributed by atoms with E-state index in [2.05, 4.69) is 23.7 Å². The molecule has 0 saturated heterocycles. The number of nitrogens with one attached hydrogen (secondary N) is 1. The highest BCUT2D eigenvalue weighted by atomic mass is 32.1. The van der Waals surface area contributed by atoms with Crippen LogP contribution in [-0.2, 0) is 0 Å². The van der Waals surface area contributed by atoms with Crippen molar-refractivity contribution < 1.29 is 10.2 Å². The highest BCUT2D eigenvalue weighted by Gasteiger charge is 2.14. The lowest BCUT2D eigenvalue weighted by Crippen LogP contribution is -2.22. The third-order valence-electron chi connectivity index (χ3n) is 3.02. The highest BCUT2D eigenvalue weighted by Crippen LogP contribution is 2.29. The maximum Gasteiger partial charge on any atom is 0.120 e. The minimum Gasteiger partial charge on any atom is -0.508 e. The maximum absolute atomic E-state index is 9.80. The molecule has 1 heterocycles. The zero-order chi connectivity index (χ0) is 13.1. The smallest absolute Gasteiger partial charge is 0.120 e. The minimum absolute atomic E-state index is 0.0352. The largest absolute Gasteiger partial charge is 0.508 e. The lowest BCUT2D eigenvalue weighted by Gasteiger charge is -2.20. The van der Waals surface area contributed by atoms with Crippen LogP contribution in [0, 0.1) is 0 Å². The summed E-state index contributed by atoms with van der Waals surface area (Å²) >= 11 is 1.67. The first-order valence-electron chi connectivity index (χ1n) is 5.88. The Morgan fingerprint density at radius 2 is 1.89 bits per heavy atom. The summed E-state index contributed by atoms with van der Waals surface area (Å²) in [7, 11) is 0. The molecule has 3 N–H and O–H groups in total. The fraction of sp³-hybridized carbons (Fsp3) is 0.286. The van der Waals surface area contributed by atoms with E-state index in [0.29, 0.717) is 5.56 Å². The molecule has 0 fully saturated rings. The monoisotopic (exact) mass is 263 g/mol. The van der Waals surface area contributed by atoms with Crippen molar-refractivity contribution in [2.75, 3.05) is 0 Å². The Bertz CT molecular complexity index is 511. The number of benzene rings is 1. The fourth-order valence-corrected chi connectivity index (χ4v) is 2.73. The SMILES string of the molecule is CC(NC(C)c1cc(O)ccc1O)c1ccsc1. The van der Waals surface area contributed by atoms with Crippen LogP contribution in [0.25, 0.3) is 0 Å². The zero-order valence-electron chi connectivity index (χ0n) is 10.4. The molecule has 0 amide bonds. The number of rotatable bonds is 4. The van der Waals surface area contributed by atoms with Crippen molar-refractivity contribution >= 4 is 11.3 Å². The van der Waals surface area contributed by atoms with Gasteiger partial charge < -0.3 is 15.5 Å². The number of thiophene rings is 1. The first-order valence-corrected chi connectivity index (χ1v) is 6.82. The molecule has 0 saturated carbocycles. The molecular formula is C14H17NO2S. The van der Waals surface area contributed by atoms with Crippen LogP contribution < -0.4 is 5.32 Å². The van der Waals surface area contributed by atoms with Crippen LogP contribution in [0.5, 0.6) is 11.5 Å². The summed E-state index contributed by atoms with van der Waals surface area (Å²) in [4.78, 5) is 0. The van der Waals surface area contributed by atoms with Crippen LogP contribution in [0.1, 0.15) is 37.1 Å². The Hall–Kier alpha value is -1.52. The van der Waals surface area contributed by atoms with Crippen LogP contribution >= 0.6 is 11.3 Å². The molecule has 1 aromatic heterocycles. The lowest BCUT2D eigenvalue weighted by molar-refractivity contribution is 0.429. The third kappa shape index (κ3) is 2.83. The van der Waals surface area contributed by atoms with Gasteiger partial charge in [-0.3, -0.25) is 0 Å². The first-order chi connectivity index (χ1) is 8.58. The maximum atomic E-state index is 9.80. The van der Waals surface area contributed by atoms with Crippen LogP contribution in [0.4, 0.5) is 0 Å². The number of phenols is 2. The van der Waals surface area contributed by atoms with Crippen molar-refractivity contribution in [1.82, 2.24) is 5.32 Å². The van der Waals surface area contributed by atoms with Gasteiger partial charge in [-0.15, -0.1) is 0 Å². The summed E-state index contributed by atoms with van der Waals surface area (Å²) in [6.07, 6.45) is 0. The van der Waals surface area contributed by atoms with E-state index in [9.17, 15) is 10.2 Å². The van der Waals surface area contributed by atoms with Gasteiger partial charge in [-0.2, -0.15) is 11.3 Å². The summed E-state index contributed by atoms with van der Waals surface area (Å²) in [6, 6.07) is 6.83. The molecular weight excluding hydrogens is 246 g/mol. The van der Waals surface area contributed by atoms with E-state index in [1.807, 2.05) is 12.3 Å². The standard InChI is InChI=1S/C14H17NO2S/c1-9(11-5-6-18-8-11)15-10(2)13-7-12(16)3-4-14(13)17/h3-10,15-17H,1-2H3. The molecule has 2 aromatic rings. The van der Waals surface area contributed by atoms with E-state index in [4.69, 9.17) is 0 Å². The van der Waals surface area contributed by atoms with Gasteiger partial charge >= 0.3 is 0 Å². The molecule has 0 aliphatic carbocycles. The van der Waals surface area contributed by atoms with E-state index in [1.54, 1.807) is 17.4 Å². The summed E-state index contributed by atoms with van der Waals surface area (Å²) in [5.74, 6) is 0.366. The molecule has 0 aliphatic heterocycles. The number of aromatic hydroxyl groups is 2. The molecule has 0 aliphatic rings. The zero-order valence-corrected chi connectivity index (χ0v) is 11.2. The van der Waals surface area contributed by atoms with Gasteiger partial charge in [0, 0.05) is 17.6 Å². The quantitative estimate of drug-likeness (QED) is 0.739. The second-order valence-corrected chi connectivity index (χ2v) is 5.19. The Labute approximate surface area is 111 Å². The average molecular weight is 263 g/mol. The van der Waals surface area contributed by atoms with Gasteiger partial charge in [-0.1, -0.05) is 0 Å². The summed E-state index contributed by atoms with van der Waals surface area (Å²) in [5, 5.41) is 26.8. The molecule has 1 aromatic carbocycles. The first kappa shape index (κ1) is 12.9. The van der Waals surface area contributed by atoms with Gasteiger partial charge in [0.2, 0.25) is 0 Å². The molecule has 2 unspecified atom stereocenters. The normalized spacial score (nSPS) is 14.3. The summed E-state index contributed by atoms with van der Waals surface area (Å²) in [5.41, 5.74) is 1.93. The number of hydrogen-bond donors (Lipinski definition) is 3. The van der Waals surface area contributed by atoms with Crippen molar-refractivity contribution in [3.05, 3.63) is 46.2 Å². The van der Waals surface area contributed by atoms with Gasteiger partial charge in [-0.25, -0.2) is 0 Å². The molecule has 2 atom stereocenters. The predicted molar refractivity (Wildman–Crippen MR) is 74.1 cm³/mol.